The van der Waals surface area contributed by atoms with Gasteiger partial charge in [0.05, 0.1) is 6.10 Å². The Hall–Kier alpha value is -0.870. The van der Waals surface area contributed by atoms with Crippen LogP contribution in [0.1, 0.15) is 39.5 Å². The molecule has 2 saturated carbocycles. The summed E-state index contributed by atoms with van der Waals surface area (Å²) in [5.41, 5.74) is -1.49. The van der Waals surface area contributed by atoms with Gasteiger partial charge in [0.1, 0.15) is 11.2 Å². The van der Waals surface area contributed by atoms with Gasteiger partial charge < -0.3 is 14.9 Å². The molecule has 0 unspecified atom stereocenters. The topological polar surface area (TPSA) is 66.8 Å². The van der Waals surface area contributed by atoms with Gasteiger partial charge in [-0.25, -0.2) is 4.79 Å². The van der Waals surface area contributed by atoms with E-state index in [0.29, 0.717) is 24.8 Å². The van der Waals surface area contributed by atoms with Crippen molar-refractivity contribution >= 4 is 5.97 Å². The molecule has 3 rings (SSSR count). The SMILES string of the molecule is C=C1C(=O)O[C@@]23C[C@@H]1[C@H](O)C[C@@H](C)[C@H]2CC[C@]3(C)O. The number of carbonyl (C=O) groups excluding carboxylic acids is 1. The van der Waals surface area contributed by atoms with Gasteiger partial charge in [0.25, 0.3) is 0 Å². The monoisotopic (exact) mass is 266 g/mol. The van der Waals surface area contributed by atoms with Gasteiger partial charge in [-0.1, -0.05) is 13.5 Å². The lowest BCUT2D eigenvalue weighted by Gasteiger charge is -2.48. The molecule has 1 saturated heterocycles. The van der Waals surface area contributed by atoms with Crippen molar-refractivity contribution in [3.63, 3.8) is 0 Å². The Bertz CT molecular complexity index is 441. The van der Waals surface area contributed by atoms with Gasteiger partial charge in [-0.15, -0.1) is 0 Å². The van der Waals surface area contributed by atoms with E-state index in [-0.39, 0.29) is 17.8 Å². The largest absolute Gasteiger partial charge is 0.452 e. The third kappa shape index (κ3) is 1.56. The van der Waals surface area contributed by atoms with Crippen LogP contribution in [0.3, 0.4) is 0 Å². The first kappa shape index (κ1) is 13.1. The highest BCUT2D eigenvalue weighted by Gasteiger charge is 2.66. The number of aliphatic hydroxyl groups is 2. The third-order valence-corrected chi connectivity index (χ3v) is 5.73. The number of ether oxygens (including phenoxy) is 1. The van der Waals surface area contributed by atoms with Gasteiger partial charge in [-0.05, 0) is 38.5 Å². The molecule has 0 radical (unpaired) electrons. The summed E-state index contributed by atoms with van der Waals surface area (Å²) in [6.45, 7) is 7.61. The average molecular weight is 266 g/mol. The first-order chi connectivity index (χ1) is 8.78. The highest BCUT2D eigenvalue weighted by atomic mass is 16.6. The second kappa shape index (κ2) is 3.83. The highest BCUT2D eigenvalue weighted by molar-refractivity contribution is 5.90. The lowest BCUT2D eigenvalue weighted by atomic mass is 9.71. The molecular weight excluding hydrogens is 244 g/mol. The molecule has 0 aromatic rings. The van der Waals surface area contributed by atoms with Crippen molar-refractivity contribution < 1.29 is 19.7 Å². The second-order valence-corrected chi connectivity index (χ2v) is 6.81. The average Bonchev–Trinajstić information content (AvgIpc) is 2.50. The third-order valence-electron chi connectivity index (χ3n) is 5.73. The number of esters is 1. The van der Waals surface area contributed by atoms with Crippen molar-refractivity contribution in [2.75, 3.05) is 0 Å². The Labute approximate surface area is 113 Å². The summed E-state index contributed by atoms with van der Waals surface area (Å²) in [7, 11) is 0. The zero-order valence-corrected chi connectivity index (χ0v) is 11.6. The maximum atomic E-state index is 12.1. The number of hydrogen-bond donors (Lipinski definition) is 2. The maximum Gasteiger partial charge on any atom is 0.334 e. The predicted octanol–water partition coefficient (Wildman–Crippen LogP) is 1.41. The van der Waals surface area contributed by atoms with Crippen LogP contribution in [-0.2, 0) is 9.53 Å². The molecule has 2 N–H and O–H groups in total. The number of aliphatic hydroxyl groups excluding tert-OH is 1. The molecule has 0 amide bonds. The number of fused-ring (bicyclic) bond motifs is 1. The summed E-state index contributed by atoms with van der Waals surface area (Å²) < 4.78 is 5.70. The van der Waals surface area contributed by atoms with Gasteiger partial charge in [0.15, 0.2) is 0 Å². The second-order valence-electron chi connectivity index (χ2n) is 6.81. The lowest BCUT2D eigenvalue weighted by molar-refractivity contribution is -0.206. The van der Waals surface area contributed by atoms with Crippen LogP contribution in [-0.4, -0.2) is 33.5 Å². The Morgan fingerprint density at radius 1 is 1.47 bits per heavy atom. The highest BCUT2D eigenvalue weighted by Crippen LogP contribution is 2.58. The van der Waals surface area contributed by atoms with Gasteiger partial charge in [-0.2, -0.15) is 0 Å². The van der Waals surface area contributed by atoms with Crippen molar-refractivity contribution in [2.24, 2.45) is 17.8 Å². The van der Waals surface area contributed by atoms with Crippen LogP contribution in [0.25, 0.3) is 0 Å². The molecule has 6 atom stereocenters. The minimum atomic E-state index is -1.01. The molecule has 4 nitrogen and oxygen atoms in total. The minimum Gasteiger partial charge on any atom is -0.452 e. The number of carbonyl (C=O) groups is 1. The molecule has 3 aliphatic rings. The van der Waals surface area contributed by atoms with Crippen LogP contribution in [0.5, 0.6) is 0 Å². The van der Waals surface area contributed by atoms with E-state index in [2.05, 4.69) is 13.5 Å². The molecule has 1 aliphatic heterocycles. The first-order valence-corrected chi connectivity index (χ1v) is 7.11. The van der Waals surface area contributed by atoms with Gasteiger partial charge in [0, 0.05) is 17.4 Å². The van der Waals surface area contributed by atoms with Gasteiger partial charge in [0.2, 0.25) is 0 Å². The predicted molar refractivity (Wildman–Crippen MR) is 69.2 cm³/mol. The molecular formula is C15H22O4. The summed E-state index contributed by atoms with van der Waals surface area (Å²) in [5, 5.41) is 21.1. The van der Waals surface area contributed by atoms with E-state index < -0.39 is 23.3 Å². The van der Waals surface area contributed by atoms with E-state index in [0.717, 1.165) is 6.42 Å². The first-order valence-electron chi connectivity index (χ1n) is 7.11. The van der Waals surface area contributed by atoms with E-state index in [1.54, 1.807) is 6.92 Å². The number of hydrogen-bond acceptors (Lipinski definition) is 4. The Kier molecular flexibility index (Phi) is 2.64. The summed E-state index contributed by atoms with van der Waals surface area (Å²) >= 11 is 0. The summed E-state index contributed by atoms with van der Waals surface area (Å²) in [6.07, 6.45) is 2.07. The molecule has 0 aromatic heterocycles. The fourth-order valence-corrected chi connectivity index (χ4v) is 4.53. The maximum absolute atomic E-state index is 12.1. The van der Waals surface area contributed by atoms with Crippen LogP contribution >= 0.6 is 0 Å². The van der Waals surface area contributed by atoms with Crippen molar-refractivity contribution in [3.05, 3.63) is 12.2 Å². The van der Waals surface area contributed by atoms with Gasteiger partial charge >= 0.3 is 5.97 Å². The summed E-state index contributed by atoms with van der Waals surface area (Å²) in [5.74, 6) is -0.373. The molecule has 4 heteroatoms. The molecule has 2 bridgehead atoms. The summed E-state index contributed by atoms with van der Waals surface area (Å²) in [6, 6.07) is 0. The Morgan fingerprint density at radius 2 is 2.16 bits per heavy atom. The van der Waals surface area contributed by atoms with Crippen LogP contribution in [0, 0.1) is 17.8 Å². The standard InChI is InChI=1S/C15H22O4/c1-8-6-12(16)10-7-15(19-13(17)9(10)2)11(8)4-5-14(15,3)18/h8,10-12,16,18H,2,4-7H2,1,3H3/t8-,10+,11-,12-,14+,15+/m1/s1. The molecule has 106 valence electrons. The van der Waals surface area contributed by atoms with Crippen molar-refractivity contribution in [1.82, 2.24) is 0 Å². The zero-order valence-electron chi connectivity index (χ0n) is 11.6. The van der Waals surface area contributed by atoms with E-state index in [1.807, 2.05) is 0 Å². The molecule has 0 aromatic carbocycles. The molecule has 1 heterocycles. The van der Waals surface area contributed by atoms with Crippen LogP contribution < -0.4 is 0 Å². The quantitative estimate of drug-likeness (QED) is 0.514. The summed E-state index contributed by atoms with van der Waals surface area (Å²) in [4.78, 5) is 12.1. The fraction of sp³-hybridized carbons (Fsp3) is 0.800. The van der Waals surface area contributed by atoms with Gasteiger partial charge in [-0.3, -0.25) is 0 Å². The van der Waals surface area contributed by atoms with Crippen LogP contribution in [0.4, 0.5) is 0 Å². The Balaban J connectivity index is 2.12. The normalized spacial score (nSPS) is 53.5. The van der Waals surface area contributed by atoms with E-state index in [9.17, 15) is 15.0 Å². The molecule has 3 fully saturated rings. The van der Waals surface area contributed by atoms with E-state index in [4.69, 9.17) is 4.74 Å². The lowest BCUT2D eigenvalue weighted by Crippen LogP contribution is -2.59. The molecule has 19 heavy (non-hydrogen) atoms. The molecule has 1 spiro atoms. The number of rotatable bonds is 0. The fourth-order valence-electron chi connectivity index (χ4n) is 4.53. The molecule has 2 aliphatic carbocycles. The van der Waals surface area contributed by atoms with E-state index >= 15 is 0 Å². The minimum absolute atomic E-state index is 0.124. The smallest absolute Gasteiger partial charge is 0.334 e. The van der Waals surface area contributed by atoms with Crippen molar-refractivity contribution in [3.8, 4) is 0 Å². The van der Waals surface area contributed by atoms with Crippen LogP contribution in [0.2, 0.25) is 0 Å². The Morgan fingerprint density at radius 3 is 2.84 bits per heavy atom. The zero-order chi connectivity index (χ0) is 14.0. The van der Waals surface area contributed by atoms with Crippen molar-refractivity contribution in [2.45, 2.75) is 56.8 Å². The van der Waals surface area contributed by atoms with Crippen molar-refractivity contribution in [1.29, 1.82) is 0 Å². The van der Waals surface area contributed by atoms with Crippen LogP contribution in [0.15, 0.2) is 12.2 Å². The van der Waals surface area contributed by atoms with E-state index in [1.165, 1.54) is 0 Å².